The van der Waals surface area contributed by atoms with E-state index in [0.29, 0.717) is 0 Å². The lowest BCUT2D eigenvalue weighted by molar-refractivity contribution is 0.239. The molecule has 0 aliphatic carbocycles. The van der Waals surface area contributed by atoms with Crippen LogP contribution in [-0.4, -0.2) is 25.6 Å². The molecule has 1 aromatic rings. The third-order valence-electron chi connectivity index (χ3n) is 2.00. The number of hydrazine groups is 1. The Morgan fingerprint density at radius 3 is 2.27 bits per heavy atom. The lowest BCUT2D eigenvalue weighted by Gasteiger charge is -2.22. The highest BCUT2D eigenvalue weighted by Gasteiger charge is 2.18. The van der Waals surface area contributed by atoms with Gasteiger partial charge >= 0.3 is 0 Å². The molecular weight excluding hydrogens is 200 g/mol. The van der Waals surface area contributed by atoms with Gasteiger partial charge in [0, 0.05) is 26.2 Å². The number of rotatable bonds is 4. The maximum atomic E-state index is 13.4. The van der Waals surface area contributed by atoms with Crippen LogP contribution in [0.25, 0.3) is 0 Å². The molecule has 15 heavy (non-hydrogen) atoms. The van der Waals surface area contributed by atoms with Crippen LogP contribution in [0.4, 0.5) is 8.78 Å². The second kappa shape index (κ2) is 5.16. The summed E-state index contributed by atoms with van der Waals surface area (Å²) in [4.78, 5) is 0. The van der Waals surface area contributed by atoms with Crippen molar-refractivity contribution in [1.29, 1.82) is 0 Å². The summed E-state index contributed by atoms with van der Waals surface area (Å²) in [6.45, 7) is 0.121. The molecule has 0 radical (unpaired) electrons. The van der Waals surface area contributed by atoms with Gasteiger partial charge in [0.1, 0.15) is 11.6 Å². The monoisotopic (exact) mass is 215 g/mol. The van der Waals surface area contributed by atoms with Crippen molar-refractivity contribution in [3.63, 3.8) is 0 Å². The molecule has 0 saturated heterocycles. The number of hydrogen-bond acceptors (Lipinski definition) is 3. The van der Waals surface area contributed by atoms with E-state index in [2.05, 4.69) is 5.43 Å². The molecule has 5 heteroatoms. The van der Waals surface area contributed by atoms with Crippen LogP contribution in [-0.2, 0) is 0 Å². The summed E-state index contributed by atoms with van der Waals surface area (Å²) in [7, 11) is 3.48. The van der Waals surface area contributed by atoms with Gasteiger partial charge in [-0.2, -0.15) is 0 Å². The molecule has 0 aliphatic heterocycles. The van der Waals surface area contributed by atoms with Gasteiger partial charge in [0.15, 0.2) is 0 Å². The van der Waals surface area contributed by atoms with Gasteiger partial charge in [-0.15, -0.1) is 0 Å². The summed E-state index contributed by atoms with van der Waals surface area (Å²) in [5.74, 6) is -1.17. The van der Waals surface area contributed by atoms with Crippen LogP contribution < -0.4 is 11.2 Å². The van der Waals surface area contributed by atoms with E-state index in [1.165, 1.54) is 18.2 Å². The van der Waals surface area contributed by atoms with E-state index in [9.17, 15) is 8.78 Å². The molecule has 0 aliphatic rings. The average Bonchev–Trinajstić information content (AvgIpc) is 2.15. The van der Waals surface area contributed by atoms with Gasteiger partial charge < -0.3 is 5.73 Å². The van der Waals surface area contributed by atoms with E-state index in [4.69, 9.17) is 5.73 Å². The number of nitrogens with zero attached hydrogens (tertiary/aromatic N) is 1. The van der Waals surface area contributed by atoms with Crippen LogP contribution in [0.3, 0.4) is 0 Å². The Labute approximate surface area is 87.8 Å². The molecule has 0 spiro atoms. The largest absolute Gasteiger partial charge is 0.329 e. The Kier molecular flexibility index (Phi) is 4.14. The van der Waals surface area contributed by atoms with Gasteiger partial charge in [-0.25, -0.2) is 19.2 Å². The van der Waals surface area contributed by atoms with Crippen LogP contribution in [0.5, 0.6) is 0 Å². The molecule has 1 unspecified atom stereocenters. The number of hydrogen-bond donors (Lipinski definition) is 2. The van der Waals surface area contributed by atoms with Gasteiger partial charge in [-0.1, -0.05) is 6.07 Å². The van der Waals surface area contributed by atoms with Crippen LogP contribution in [0.2, 0.25) is 0 Å². The fraction of sp³-hybridized carbons (Fsp3) is 0.400. The van der Waals surface area contributed by atoms with E-state index < -0.39 is 17.7 Å². The predicted molar refractivity (Wildman–Crippen MR) is 55.0 cm³/mol. The minimum absolute atomic E-state index is 0.0197. The van der Waals surface area contributed by atoms with E-state index in [1.807, 2.05) is 0 Å². The van der Waals surface area contributed by atoms with Gasteiger partial charge in [0.05, 0.1) is 6.04 Å². The fourth-order valence-electron chi connectivity index (χ4n) is 1.39. The smallest absolute Gasteiger partial charge is 0.131 e. The zero-order chi connectivity index (χ0) is 11.4. The van der Waals surface area contributed by atoms with Gasteiger partial charge in [0.25, 0.3) is 0 Å². The van der Waals surface area contributed by atoms with Crippen molar-refractivity contribution in [1.82, 2.24) is 10.4 Å². The second-order valence-electron chi connectivity index (χ2n) is 3.45. The Morgan fingerprint density at radius 2 is 1.87 bits per heavy atom. The molecule has 84 valence electrons. The van der Waals surface area contributed by atoms with E-state index in [-0.39, 0.29) is 12.1 Å². The standard InChI is InChI=1S/C10H15F2N3/c1-15(2)14-9(6-13)10-7(11)4-3-5-8(10)12/h3-5,9,14H,6,13H2,1-2H3. The Hall–Kier alpha value is -1.04. The second-order valence-corrected chi connectivity index (χ2v) is 3.45. The van der Waals surface area contributed by atoms with Gasteiger partial charge in [0.2, 0.25) is 0 Å². The molecular formula is C10H15F2N3. The summed E-state index contributed by atoms with van der Waals surface area (Å²) in [6.07, 6.45) is 0. The topological polar surface area (TPSA) is 41.3 Å². The SMILES string of the molecule is CN(C)NC(CN)c1c(F)cccc1F. The van der Waals surface area contributed by atoms with Crippen molar-refractivity contribution in [2.75, 3.05) is 20.6 Å². The van der Waals surface area contributed by atoms with E-state index in [1.54, 1.807) is 19.1 Å². The Balaban J connectivity index is 3.00. The van der Waals surface area contributed by atoms with Crippen molar-refractivity contribution in [2.24, 2.45) is 5.73 Å². The lowest BCUT2D eigenvalue weighted by atomic mass is 10.1. The lowest BCUT2D eigenvalue weighted by Crippen LogP contribution is -2.38. The molecule has 1 rings (SSSR count). The minimum Gasteiger partial charge on any atom is -0.329 e. The molecule has 0 saturated carbocycles. The van der Waals surface area contributed by atoms with E-state index in [0.717, 1.165) is 0 Å². The fourth-order valence-corrected chi connectivity index (χ4v) is 1.39. The van der Waals surface area contributed by atoms with Crippen LogP contribution in [0, 0.1) is 11.6 Å². The Bertz CT molecular complexity index is 308. The molecule has 3 nitrogen and oxygen atoms in total. The summed E-state index contributed by atoms with van der Waals surface area (Å²) in [5.41, 5.74) is 8.30. The average molecular weight is 215 g/mol. The molecule has 0 aromatic heterocycles. The molecule has 1 aromatic carbocycles. The normalized spacial score (nSPS) is 13.2. The maximum Gasteiger partial charge on any atom is 0.131 e. The molecule has 1 atom stereocenters. The van der Waals surface area contributed by atoms with Crippen molar-refractivity contribution >= 4 is 0 Å². The van der Waals surface area contributed by atoms with Crippen LogP contribution in [0.1, 0.15) is 11.6 Å². The molecule has 0 bridgehead atoms. The summed E-state index contributed by atoms with van der Waals surface area (Å²) >= 11 is 0. The molecule has 0 amide bonds. The maximum absolute atomic E-state index is 13.4. The van der Waals surface area contributed by atoms with Crippen LogP contribution in [0.15, 0.2) is 18.2 Å². The minimum atomic E-state index is -0.584. The number of benzene rings is 1. The van der Waals surface area contributed by atoms with Crippen molar-refractivity contribution in [2.45, 2.75) is 6.04 Å². The quantitative estimate of drug-likeness (QED) is 0.737. The van der Waals surface area contributed by atoms with E-state index >= 15 is 0 Å². The Morgan fingerprint density at radius 1 is 1.33 bits per heavy atom. The van der Waals surface area contributed by atoms with Crippen molar-refractivity contribution < 1.29 is 8.78 Å². The molecule has 0 fully saturated rings. The third-order valence-corrected chi connectivity index (χ3v) is 2.00. The first-order valence-corrected chi connectivity index (χ1v) is 4.63. The highest BCUT2D eigenvalue weighted by molar-refractivity contribution is 5.23. The molecule has 0 heterocycles. The number of nitrogens with one attached hydrogen (secondary N) is 1. The summed E-state index contributed by atoms with van der Waals surface area (Å²) in [6, 6.07) is 3.22. The predicted octanol–water partition coefficient (Wildman–Crippen LogP) is 1.03. The summed E-state index contributed by atoms with van der Waals surface area (Å²) < 4.78 is 26.8. The first kappa shape index (κ1) is 12.0. The zero-order valence-electron chi connectivity index (χ0n) is 8.80. The number of nitrogens with two attached hydrogens (primary N) is 1. The van der Waals surface area contributed by atoms with Crippen LogP contribution >= 0.6 is 0 Å². The zero-order valence-corrected chi connectivity index (χ0v) is 8.80. The summed E-state index contributed by atoms with van der Waals surface area (Å²) in [5, 5.41) is 1.61. The third kappa shape index (κ3) is 2.95. The number of halogens is 2. The van der Waals surface area contributed by atoms with Crippen molar-refractivity contribution in [3.8, 4) is 0 Å². The van der Waals surface area contributed by atoms with Gasteiger partial charge in [-0.05, 0) is 12.1 Å². The van der Waals surface area contributed by atoms with Gasteiger partial charge in [-0.3, -0.25) is 0 Å². The van der Waals surface area contributed by atoms with Crippen molar-refractivity contribution in [3.05, 3.63) is 35.4 Å². The first-order valence-electron chi connectivity index (χ1n) is 4.63. The first-order chi connectivity index (χ1) is 7.06. The highest BCUT2D eigenvalue weighted by Crippen LogP contribution is 2.19. The highest BCUT2D eigenvalue weighted by atomic mass is 19.1. The molecule has 3 N–H and O–H groups in total.